The first-order chi connectivity index (χ1) is 35.3. The van der Waals surface area contributed by atoms with E-state index < -0.39 is 36.4 Å². The Labute approximate surface area is 425 Å². The van der Waals surface area contributed by atoms with Gasteiger partial charge in [0.2, 0.25) is 17.7 Å². The molecule has 0 radical (unpaired) electrons. The van der Waals surface area contributed by atoms with Crippen LogP contribution in [0.5, 0.6) is 5.88 Å². The third-order valence-corrected chi connectivity index (χ3v) is 15.5. The zero-order valence-corrected chi connectivity index (χ0v) is 42.5. The molecule has 0 unspecified atom stereocenters. The summed E-state index contributed by atoms with van der Waals surface area (Å²) in [6.07, 6.45) is 14.9. The fourth-order valence-corrected chi connectivity index (χ4v) is 11.1. The van der Waals surface area contributed by atoms with Gasteiger partial charge in [0.05, 0.1) is 74.7 Å². The Bertz CT molecular complexity index is 2960. The molecule has 17 heteroatoms. The Kier molecular flexibility index (Phi) is 14.0. The van der Waals surface area contributed by atoms with Crippen molar-refractivity contribution in [3.05, 3.63) is 103 Å². The van der Waals surface area contributed by atoms with Crippen LogP contribution in [0.3, 0.4) is 0 Å². The molecule has 4 fully saturated rings. The number of rotatable bonds is 14. The molecule has 10 rings (SSSR count). The molecule has 6 aromatic rings. The van der Waals surface area contributed by atoms with Crippen LogP contribution >= 0.6 is 0 Å². The number of carbonyl (C=O) groups excluding carboxylic acids is 4. The number of aromatic amines is 2. The molecule has 3 aromatic heterocycles. The molecule has 1 spiro atoms. The van der Waals surface area contributed by atoms with Crippen LogP contribution in [0.25, 0.3) is 44.4 Å². The molecule has 2 aliphatic carbocycles. The van der Waals surface area contributed by atoms with Crippen LogP contribution in [0.1, 0.15) is 121 Å². The standard InChI is InChI=1S/C56H66N10O7/c1-32(2)48(63-54(69)71-5)52(67)65-30-41(73-47-29-57-42(26-58-47)35-10-8-7-9-11-35)24-45(65)50-59-27-43(61-50)36-14-12-34(13-15-36)37-16-17-39-23-40(19-18-38(39)22-37)44-28-60-51(62-44)46-25-56(20-21-56)31-66(46)53(68)49(33(3)4)64-55(70)72-6/h12-19,22-23,26-29,32-33,35,41,45-46,48-49H,7-11,20-21,24-25,30-31H2,1-6H3,(H,59,61)(H,60,62)(H,63,69)(H,64,70)/t41-,45-,46-,48-,49-/m0/s1. The Morgan fingerprint density at radius 1 is 0.644 bits per heavy atom. The lowest BCUT2D eigenvalue weighted by atomic mass is 9.87. The van der Waals surface area contributed by atoms with Gasteiger partial charge in [0, 0.05) is 24.4 Å². The van der Waals surface area contributed by atoms with E-state index in [-0.39, 0.29) is 41.7 Å². The van der Waals surface area contributed by atoms with E-state index in [1.54, 1.807) is 17.3 Å². The van der Waals surface area contributed by atoms with Crippen LogP contribution in [0, 0.1) is 17.3 Å². The van der Waals surface area contributed by atoms with Gasteiger partial charge in [0.25, 0.3) is 0 Å². The van der Waals surface area contributed by atoms with Crippen molar-refractivity contribution in [2.45, 2.75) is 122 Å². The number of likely N-dealkylation sites (tertiary alicyclic amines) is 2. The molecule has 3 aromatic carbocycles. The molecule has 5 heterocycles. The summed E-state index contributed by atoms with van der Waals surface area (Å²) in [6.45, 7) is 8.54. The van der Waals surface area contributed by atoms with Gasteiger partial charge in [-0.3, -0.25) is 14.6 Å². The number of fused-ring (bicyclic) bond motifs is 1. The zero-order valence-electron chi connectivity index (χ0n) is 42.5. The SMILES string of the molecule is COC(=O)N[C@H](C(=O)N1C[C@@H](Oc2cnc(C3CCCCC3)cn2)C[C@H]1c1ncc(-c2ccc(-c3ccc4cc(-c5cnc([C@@H]6CC7(CC7)CN6C(=O)[C@@H](NC(=O)OC)C(C)C)[nH]5)ccc4c3)cc2)[nH]1)C(C)C. The highest BCUT2D eigenvalue weighted by molar-refractivity contribution is 5.91. The molecule has 17 nitrogen and oxygen atoms in total. The number of hydrogen-bond donors (Lipinski definition) is 4. The first-order valence-electron chi connectivity index (χ1n) is 25.8. The number of ether oxygens (including phenoxy) is 3. The number of carbonyl (C=O) groups is 4. The Morgan fingerprint density at radius 3 is 1.79 bits per heavy atom. The van der Waals surface area contributed by atoms with E-state index in [2.05, 4.69) is 86.2 Å². The van der Waals surface area contributed by atoms with Gasteiger partial charge in [-0.25, -0.2) is 24.5 Å². The summed E-state index contributed by atoms with van der Waals surface area (Å²) < 4.78 is 16.1. The van der Waals surface area contributed by atoms with E-state index >= 15 is 0 Å². The van der Waals surface area contributed by atoms with Crippen LogP contribution in [0.15, 0.2) is 85.5 Å². The molecule has 2 aliphatic heterocycles. The van der Waals surface area contributed by atoms with Gasteiger partial charge in [-0.05, 0) is 89.0 Å². The van der Waals surface area contributed by atoms with Gasteiger partial charge in [-0.2, -0.15) is 0 Å². The van der Waals surface area contributed by atoms with Gasteiger partial charge < -0.3 is 44.6 Å². The Balaban J connectivity index is 0.831. The van der Waals surface area contributed by atoms with Gasteiger partial charge in [-0.1, -0.05) is 95.5 Å². The fourth-order valence-electron chi connectivity index (χ4n) is 11.1. The molecular weight excluding hydrogens is 925 g/mol. The summed E-state index contributed by atoms with van der Waals surface area (Å²) >= 11 is 0. The third-order valence-electron chi connectivity index (χ3n) is 15.5. The average molecular weight is 991 g/mol. The number of nitrogens with one attached hydrogen (secondary N) is 4. The predicted octanol–water partition coefficient (Wildman–Crippen LogP) is 9.66. The lowest BCUT2D eigenvalue weighted by Crippen LogP contribution is -2.51. The van der Waals surface area contributed by atoms with Crippen LogP contribution in [0.4, 0.5) is 9.59 Å². The summed E-state index contributed by atoms with van der Waals surface area (Å²) in [5.41, 5.74) is 6.83. The molecule has 2 saturated carbocycles. The molecule has 4 N–H and O–H groups in total. The van der Waals surface area contributed by atoms with Gasteiger partial charge >= 0.3 is 12.2 Å². The number of methoxy groups -OCH3 is 2. The third kappa shape index (κ3) is 10.5. The minimum Gasteiger partial charge on any atom is -0.471 e. The average Bonchev–Trinajstić information content (AvgIpc) is 3.90. The minimum absolute atomic E-state index is 0.106. The predicted molar refractivity (Wildman–Crippen MR) is 275 cm³/mol. The van der Waals surface area contributed by atoms with E-state index in [9.17, 15) is 19.2 Å². The first kappa shape index (κ1) is 49.3. The smallest absolute Gasteiger partial charge is 0.407 e. The van der Waals surface area contributed by atoms with Gasteiger partial charge in [0.1, 0.15) is 29.8 Å². The van der Waals surface area contributed by atoms with Crippen LogP contribution < -0.4 is 15.4 Å². The van der Waals surface area contributed by atoms with Crippen molar-refractivity contribution in [3.8, 4) is 39.5 Å². The maximum Gasteiger partial charge on any atom is 0.407 e. The molecule has 382 valence electrons. The lowest BCUT2D eigenvalue weighted by molar-refractivity contribution is -0.136. The van der Waals surface area contributed by atoms with E-state index in [0.717, 1.165) is 88.0 Å². The van der Waals surface area contributed by atoms with Crippen LogP contribution in [0.2, 0.25) is 0 Å². The number of amides is 4. The molecule has 2 saturated heterocycles. The highest BCUT2D eigenvalue weighted by Gasteiger charge is 2.55. The van der Waals surface area contributed by atoms with Crippen molar-refractivity contribution in [1.29, 1.82) is 0 Å². The fraction of sp³-hybridized carbons (Fsp3) is 0.464. The molecule has 0 bridgehead atoms. The number of alkyl carbamates (subject to hydrolysis) is 2. The van der Waals surface area contributed by atoms with Crippen LogP contribution in [-0.4, -0.2) is 109 Å². The molecule has 4 aliphatic rings. The number of hydrogen-bond acceptors (Lipinski definition) is 11. The summed E-state index contributed by atoms with van der Waals surface area (Å²) in [5, 5.41) is 7.67. The van der Waals surface area contributed by atoms with Crippen molar-refractivity contribution in [1.82, 2.24) is 50.3 Å². The minimum atomic E-state index is -0.821. The first-order valence-corrected chi connectivity index (χ1v) is 25.8. The van der Waals surface area contributed by atoms with Crippen molar-refractivity contribution < 1.29 is 33.4 Å². The highest BCUT2D eigenvalue weighted by atomic mass is 16.5. The largest absolute Gasteiger partial charge is 0.471 e. The quantitative estimate of drug-likeness (QED) is 0.0807. The topological polar surface area (TPSA) is 210 Å². The van der Waals surface area contributed by atoms with Gasteiger partial charge in [-0.15, -0.1) is 0 Å². The van der Waals surface area contributed by atoms with Crippen molar-refractivity contribution in [2.24, 2.45) is 17.3 Å². The number of benzene rings is 3. The lowest BCUT2D eigenvalue weighted by Gasteiger charge is -2.30. The second kappa shape index (κ2) is 20.7. The van der Waals surface area contributed by atoms with Crippen molar-refractivity contribution >= 4 is 34.8 Å². The summed E-state index contributed by atoms with van der Waals surface area (Å²) in [6, 6.07) is 18.9. The Hall–Kier alpha value is -7.30. The maximum atomic E-state index is 14.3. The second-order valence-electron chi connectivity index (χ2n) is 21.2. The van der Waals surface area contributed by atoms with Crippen molar-refractivity contribution in [3.63, 3.8) is 0 Å². The maximum absolute atomic E-state index is 14.3. The monoisotopic (exact) mass is 991 g/mol. The molecule has 73 heavy (non-hydrogen) atoms. The van der Waals surface area contributed by atoms with Gasteiger partial charge in [0.15, 0.2) is 0 Å². The summed E-state index contributed by atoms with van der Waals surface area (Å²) in [7, 11) is 2.59. The van der Waals surface area contributed by atoms with E-state index in [0.29, 0.717) is 30.6 Å². The molecular formula is C56H66N10O7. The number of imidazole rings is 2. The molecule has 5 atom stereocenters. The van der Waals surface area contributed by atoms with Crippen molar-refractivity contribution in [2.75, 3.05) is 27.3 Å². The van der Waals surface area contributed by atoms with E-state index in [1.165, 1.54) is 33.5 Å². The van der Waals surface area contributed by atoms with Crippen LogP contribution in [-0.2, 0) is 19.1 Å². The molecule has 4 amide bonds. The van der Waals surface area contributed by atoms with E-state index in [4.69, 9.17) is 29.2 Å². The van der Waals surface area contributed by atoms with E-state index in [1.807, 2.05) is 45.0 Å². The Morgan fingerprint density at radius 2 is 1.21 bits per heavy atom. The zero-order chi connectivity index (χ0) is 51.0. The second-order valence-corrected chi connectivity index (χ2v) is 21.2. The highest BCUT2D eigenvalue weighted by Crippen LogP contribution is 2.58. The summed E-state index contributed by atoms with van der Waals surface area (Å²) in [5.74, 6) is 1.51. The number of nitrogens with zero attached hydrogens (tertiary/aromatic N) is 6. The summed E-state index contributed by atoms with van der Waals surface area (Å²) in [4.78, 5) is 82.6. The number of H-pyrrole nitrogens is 2. The normalized spacial score (nSPS) is 20.4. The number of aromatic nitrogens is 6.